The predicted molar refractivity (Wildman–Crippen MR) is 148 cm³/mol. The highest BCUT2D eigenvalue weighted by Crippen LogP contribution is 2.40. The van der Waals surface area contributed by atoms with Crippen molar-refractivity contribution in [2.24, 2.45) is 0 Å². The lowest BCUT2D eigenvalue weighted by atomic mass is 10.1. The van der Waals surface area contributed by atoms with Gasteiger partial charge in [-0.05, 0) is 37.7 Å². The highest BCUT2D eigenvalue weighted by atomic mass is 35.5. The Morgan fingerprint density at radius 3 is 2.30 bits per heavy atom. The van der Waals surface area contributed by atoms with E-state index in [9.17, 15) is 4.79 Å². The van der Waals surface area contributed by atoms with E-state index in [1.54, 1.807) is 19.1 Å². The fourth-order valence-corrected chi connectivity index (χ4v) is 4.51. The summed E-state index contributed by atoms with van der Waals surface area (Å²) in [6.07, 6.45) is 1.38. The van der Waals surface area contributed by atoms with Crippen molar-refractivity contribution in [3.63, 3.8) is 0 Å². The van der Waals surface area contributed by atoms with Crippen LogP contribution in [-0.4, -0.2) is 67.8 Å². The van der Waals surface area contributed by atoms with E-state index in [-0.39, 0.29) is 5.02 Å². The molecule has 0 bridgehead atoms. The summed E-state index contributed by atoms with van der Waals surface area (Å²) in [7, 11) is 3.03. The average molecular weight is 526 g/mol. The summed E-state index contributed by atoms with van der Waals surface area (Å²) in [4.78, 5) is 26.0. The topological polar surface area (TPSA) is 104 Å². The molecule has 3 N–H and O–H groups in total. The highest BCUT2D eigenvalue weighted by Gasteiger charge is 2.18. The van der Waals surface area contributed by atoms with Crippen LogP contribution in [0.4, 0.5) is 33.5 Å². The average Bonchev–Trinajstić information content (AvgIpc) is 2.92. The van der Waals surface area contributed by atoms with Crippen LogP contribution in [0, 0.1) is 6.92 Å². The SMILES string of the molecule is CCN1CCN(c2ccc(Nc3cc(NC(=O)Nc4c(C)c(OC)cc(OC)c4Cl)ncn3)cc2)CC1. The molecule has 196 valence electrons. The number of nitrogens with zero attached hydrogens (tertiary/aromatic N) is 4. The molecule has 37 heavy (non-hydrogen) atoms. The molecule has 0 aliphatic carbocycles. The van der Waals surface area contributed by atoms with Gasteiger partial charge in [0.2, 0.25) is 0 Å². The van der Waals surface area contributed by atoms with Crippen molar-refractivity contribution < 1.29 is 14.3 Å². The first kappa shape index (κ1) is 26.3. The number of amides is 2. The molecule has 1 aliphatic rings. The molecule has 1 saturated heterocycles. The van der Waals surface area contributed by atoms with Crippen LogP contribution in [0.2, 0.25) is 5.02 Å². The minimum Gasteiger partial charge on any atom is -0.496 e. The number of nitrogens with one attached hydrogen (secondary N) is 3. The van der Waals surface area contributed by atoms with Gasteiger partial charge in [-0.3, -0.25) is 5.32 Å². The van der Waals surface area contributed by atoms with Gasteiger partial charge in [0.1, 0.15) is 34.5 Å². The largest absolute Gasteiger partial charge is 0.496 e. The molecule has 0 spiro atoms. The van der Waals surface area contributed by atoms with Crippen molar-refractivity contribution in [1.29, 1.82) is 0 Å². The summed E-state index contributed by atoms with van der Waals surface area (Å²) in [5, 5.41) is 9.01. The maximum Gasteiger partial charge on any atom is 0.324 e. The molecule has 1 aliphatic heterocycles. The van der Waals surface area contributed by atoms with Crippen molar-refractivity contribution in [3.05, 3.63) is 53.3 Å². The maximum absolute atomic E-state index is 12.7. The van der Waals surface area contributed by atoms with Crippen molar-refractivity contribution >= 4 is 46.3 Å². The Labute approximate surface area is 221 Å². The molecule has 3 aromatic rings. The fourth-order valence-electron chi connectivity index (χ4n) is 4.19. The Balaban J connectivity index is 1.39. The minimum atomic E-state index is -0.516. The van der Waals surface area contributed by atoms with E-state index in [2.05, 4.69) is 54.8 Å². The van der Waals surface area contributed by atoms with Crippen LogP contribution >= 0.6 is 11.6 Å². The number of benzene rings is 2. The summed E-state index contributed by atoms with van der Waals surface area (Å²) < 4.78 is 10.7. The van der Waals surface area contributed by atoms with E-state index in [1.165, 1.54) is 26.2 Å². The number of methoxy groups -OCH3 is 2. The first-order chi connectivity index (χ1) is 17.9. The summed E-state index contributed by atoms with van der Waals surface area (Å²) >= 11 is 6.42. The second kappa shape index (κ2) is 12.0. The van der Waals surface area contributed by atoms with Gasteiger partial charge in [0, 0.05) is 55.2 Å². The zero-order valence-electron chi connectivity index (χ0n) is 21.5. The lowest BCUT2D eigenvalue weighted by Gasteiger charge is -2.35. The smallest absolute Gasteiger partial charge is 0.324 e. The van der Waals surface area contributed by atoms with Crippen LogP contribution in [0.1, 0.15) is 12.5 Å². The summed E-state index contributed by atoms with van der Waals surface area (Å²) in [5.41, 5.74) is 3.14. The number of ether oxygens (including phenoxy) is 2. The Kier molecular flexibility index (Phi) is 8.52. The van der Waals surface area contributed by atoms with Gasteiger partial charge in [-0.2, -0.15) is 0 Å². The number of aromatic nitrogens is 2. The molecule has 11 heteroatoms. The molecule has 1 aromatic heterocycles. The van der Waals surface area contributed by atoms with Crippen LogP contribution in [0.25, 0.3) is 0 Å². The van der Waals surface area contributed by atoms with Crippen LogP contribution < -0.4 is 30.3 Å². The van der Waals surface area contributed by atoms with Gasteiger partial charge in [0.25, 0.3) is 0 Å². The third-order valence-corrected chi connectivity index (χ3v) is 6.73. The van der Waals surface area contributed by atoms with Crippen molar-refractivity contribution in [3.8, 4) is 11.5 Å². The number of piperazine rings is 1. The van der Waals surface area contributed by atoms with Crippen LogP contribution in [-0.2, 0) is 0 Å². The third-order valence-electron chi connectivity index (χ3n) is 6.35. The molecular formula is C26H32ClN7O3. The molecule has 10 nitrogen and oxygen atoms in total. The van der Waals surface area contributed by atoms with E-state index < -0.39 is 6.03 Å². The van der Waals surface area contributed by atoms with Gasteiger partial charge < -0.3 is 29.9 Å². The van der Waals surface area contributed by atoms with Crippen molar-refractivity contribution in [2.45, 2.75) is 13.8 Å². The van der Waals surface area contributed by atoms with Gasteiger partial charge in [-0.15, -0.1) is 0 Å². The number of rotatable bonds is 8. The molecule has 2 heterocycles. The summed E-state index contributed by atoms with van der Waals surface area (Å²) in [5.74, 6) is 1.80. The minimum absolute atomic E-state index is 0.275. The second-order valence-corrected chi connectivity index (χ2v) is 8.93. The first-order valence-corrected chi connectivity index (χ1v) is 12.4. The van der Waals surface area contributed by atoms with Crippen LogP contribution in [0.3, 0.4) is 0 Å². The third kappa shape index (κ3) is 6.33. The molecule has 2 aromatic carbocycles. The zero-order chi connectivity index (χ0) is 26.4. The highest BCUT2D eigenvalue weighted by molar-refractivity contribution is 6.35. The fraction of sp³-hybridized carbons (Fsp3) is 0.346. The molecule has 0 radical (unpaired) electrons. The van der Waals surface area contributed by atoms with Gasteiger partial charge in [-0.25, -0.2) is 14.8 Å². The van der Waals surface area contributed by atoms with Crippen LogP contribution in [0.5, 0.6) is 11.5 Å². The number of hydrogen-bond acceptors (Lipinski definition) is 8. The van der Waals surface area contributed by atoms with E-state index >= 15 is 0 Å². The Morgan fingerprint density at radius 2 is 1.65 bits per heavy atom. The standard InChI is InChI=1S/C26H32ClN7O3/c1-5-33-10-12-34(13-11-33)19-8-6-18(7-9-19)30-22-15-23(29-16-28-22)31-26(35)32-25-17(2)20(36-3)14-21(37-4)24(25)27/h6-9,14-16H,5,10-13H2,1-4H3,(H3,28,29,30,31,32,35). The van der Waals surface area contributed by atoms with Gasteiger partial charge in [0.05, 0.1) is 19.9 Å². The first-order valence-electron chi connectivity index (χ1n) is 12.1. The molecule has 0 unspecified atom stereocenters. The summed E-state index contributed by atoms with van der Waals surface area (Å²) in [6.45, 7) is 9.30. The van der Waals surface area contributed by atoms with E-state index in [0.29, 0.717) is 34.4 Å². The molecule has 0 atom stereocenters. The molecule has 1 fully saturated rings. The second-order valence-electron chi connectivity index (χ2n) is 8.56. The monoisotopic (exact) mass is 525 g/mol. The molecule has 4 rings (SSSR count). The molecular weight excluding hydrogens is 494 g/mol. The number of carbonyl (C=O) groups excluding carboxylic acids is 1. The number of anilines is 5. The normalized spacial score (nSPS) is 13.7. The van der Waals surface area contributed by atoms with E-state index in [0.717, 1.165) is 38.4 Å². The van der Waals surface area contributed by atoms with Crippen molar-refractivity contribution in [2.75, 3.05) is 67.8 Å². The zero-order valence-corrected chi connectivity index (χ0v) is 22.2. The van der Waals surface area contributed by atoms with E-state index in [4.69, 9.17) is 21.1 Å². The van der Waals surface area contributed by atoms with Gasteiger partial charge >= 0.3 is 6.03 Å². The number of halogens is 1. The van der Waals surface area contributed by atoms with Gasteiger partial charge in [-0.1, -0.05) is 18.5 Å². The number of hydrogen-bond donors (Lipinski definition) is 3. The summed E-state index contributed by atoms with van der Waals surface area (Å²) in [6, 6.07) is 11.0. The number of carbonyl (C=O) groups is 1. The molecule has 0 saturated carbocycles. The Hall–Kier alpha value is -3.76. The quantitative estimate of drug-likeness (QED) is 0.378. The van der Waals surface area contributed by atoms with Crippen LogP contribution in [0.15, 0.2) is 42.7 Å². The Bertz CT molecular complexity index is 1200. The maximum atomic E-state index is 12.7. The lowest BCUT2D eigenvalue weighted by Crippen LogP contribution is -2.46. The predicted octanol–water partition coefficient (Wildman–Crippen LogP) is 4.99. The van der Waals surface area contributed by atoms with Crippen molar-refractivity contribution in [1.82, 2.24) is 14.9 Å². The van der Waals surface area contributed by atoms with E-state index in [1.807, 2.05) is 12.1 Å². The number of urea groups is 1. The molecule has 2 amide bonds. The van der Waals surface area contributed by atoms with Gasteiger partial charge in [0.15, 0.2) is 0 Å². The Morgan fingerprint density at radius 1 is 0.973 bits per heavy atom. The lowest BCUT2D eigenvalue weighted by molar-refractivity contribution is 0.262. The number of likely N-dealkylation sites (N-methyl/N-ethyl adjacent to an activating group) is 1.